The minimum atomic E-state index is -0.502. The Bertz CT molecular complexity index is 607. The molecule has 0 bridgehead atoms. The van der Waals surface area contributed by atoms with Gasteiger partial charge in [-0.05, 0) is 38.3 Å². The van der Waals surface area contributed by atoms with Gasteiger partial charge in [0, 0.05) is 29.2 Å². The molecule has 7 heteroatoms. The third-order valence-corrected chi connectivity index (χ3v) is 4.36. The number of hydrogen-bond acceptors (Lipinski definition) is 3. The van der Waals surface area contributed by atoms with Gasteiger partial charge in [-0.2, -0.15) is 4.39 Å². The van der Waals surface area contributed by atoms with Crippen LogP contribution >= 0.6 is 23.2 Å². The Hall–Kier alpha value is -1.46. The van der Waals surface area contributed by atoms with Crippen LogP contribution in [0.25, 0.3) is 5.57 Å². The zero-order valence-electron chi connectivity index (χ0n) is 12.3. The number of nitrogens with two attached hydrogens (primary N) is 1. The van der Waals surface area contributed by atoms with Crippen molar-refractivity contribution < 1.29 is 9.18 Å². The first-order chi connectivity index (χ1) is 10.5. The summed E-state index contributed by atoms with van der Waals surface area (Å²) in [7, 11) is 0. The molecule has 0 saturated carbocycles. The highest BCUT2D eigenvalue weighted by Crippen LogP contribution is 2.34. The molecule has 0 atom stereocenters. The predicted octanol–water partition coefficient (Wildman–Crippen LogP) is 4.09. The number of amides is 1. The minimum Gasteiger partial charge on any atom is -0.398 e. The molecule has 22 heavy (non-hydrogen) atoms. The lowest BCUT2D eigenvalue weighted by molar-refractivity contribution is -0.132. The fourth-order valence-corrected chi connectivity index (χ4v) is 2.96. The average molecular weight is 346 g/mol. The summed E-state index contributed by atoms with van der Waals surface area (Å²) in [6.45, 7) is 2.56. The lowest BCUT2D eigenvalue weighted by atomic mass is 10.1. The number of nitrogen functional groups attached to an aromatic ring is 1. The Morgan fingerprint density at radius 1 is 1.23 bits per heavy atom. The molecule has 1 aliphatic rings. The van der Waals surface area contributed by atoms with Crippen LogP contribution in [0.2, 0.25) is 10.0 Å². The average Bonchev–Trinajstić information content (AvgIpc) is 2.74. The first-order valence-corrected chi connectivity index (χ1v) is 7.82. The Labute approximate surface area is 139 Å². The van der Waals surface area contributed by atoms with Gasteiger partial charge in [-0.15, -0.1) is 0 Å². The molecule has 0 aliphatic carbocycles. The van der Waals surface area contributed by atoms with Gasteiger partial charge in [-0.1, -0.05) is 23.2 Å². The van der Waals surface area contributed by atoms with E-state index in [2.05, 4.69) is 0 Å². The Morgan fingerprint density at radius 3 is 2.59 bits per heavy atom. The van der Waals surface area contributed by atoms with E-state index in [0.717, 1.165) is 19.3 Å². The number of benzene rings is 1. The summed E-state index contributed by atoms with van der Waals surface area (Å²) in [4.78, 5) is 11.2. The summed E-state index contributed by atoms with van der Waals surface area (Å²) in [6.07, 6.45) is 3.29. The SMILES string of the molecule is C/C(=C(/F)N1CCCCCN1C=O)c1cc(N)c(Cl)cc1Cl. The van der Waals surface area contributed by atoms with Gasteiger partial charge in [0.25, 0.3) is 0 Å². The van der Waals surface area contributed by atoms with Crippen LogP contribution in [-0.2, 0) is 4.79 Å². The fraction of sp³-hybridized carbons (Fsp3) is 0.400. The number of allylic oxidation sites excluding steroid dienone is 1. The topological polar surface area (TPSA) is 49.6 Å². The Kier molecular flexibility index (Phi) is 5.53. The molecule has 1 aliphatic heterocycles. The smallest absolute Gasteiger partial charge is 0.228 e. The maximum absolute atomic E-state index is 14.9. The Balaban J connectivity index is 2.42. The molecule has 1 amide bonds. The third kappa shape index (κ3) is 3.47. The van der Waals surface area contributed by atoms with E-state index in [0.29, 0.717) is 46.4 Å². The number of hydrazine groups is 1. The quantitative estimate of drug-likeness (QED) is 0.509. The number of nitrogens with zero attached hydrogens (tertiary/aromatic N) is 2. The van der Waals surface area contributed by atoms with E-state index in [-0.39, 0.29) is 0 Å². The third-order valence-electron chi connectivity index (χ3n) is 3.72. The number of hydrogen-bond donors (Lipinski definition) is 1. The molecule has 4 nitrogen and oxygen atoms in total. The van der Waals surface area contributed by atoms with E-state index in [1.165, 1.54) is 16.1 Å². The van der Waals surface area contributed by atoms with Crippen LogP contribution in [0.4, 0.5) is 10.1 Å². The van der Waals surface area contributed by atoms with Gasteiger partial charge in [0.2, 0.25) is 12.4 Å². The molecule has 0 aromatic heterocycles. The van der Waals surface area contributed by atoms with Crippen LogP contribution in [0.3, 0.4) is 0 Å². The van der Waals surface area contributed by atoms with Gasteiger partial charge in [0.15, 0.2) is 0 Å². The number of anilines is 1. The number of halogens is 3. The molecule has 1 fully saturated rings. The molecule has 2 N–H and O–H groups in total. The van der Waals surface area contributed by atoms with E-state index in [1.54, 1.807) is 13.0 Å². The molecular weight excluding hydrogens is 328 g/mol. The van der Waals surface area contributed by atoms with Crippen LogP contribution in [0.5, 0.6) is 0 Å². The van der Waals surface area contributed by atoms with Crippen molar-refractivity contribution in [3.8, 4) is 0 Å². The fourth-order valence-electron chi connectivity index (χ4n) is 2.44. The second kappa shape index (κ2) is 7.20. The van der Waals surface area contributed by atoms with Gasteiger partial charge in [0.1, 0.15) is 0 Å². The molecule has 120 valence electrons. The van der Waals surface area contributed by atoms with Gasteiger partial charge < -0.3 is 5.73 Å². The van der Waals surface area contributed by atoms with E-state index in [1.807, 2.05) is 0 Å². The van der Waals surface area contributed by atoms with Crippen LogP contribution < -0.4 is 5.73 Å². The molecule has 0 radical (unpaired) electrons. The van der Waals surface area contributed by atoms with Crippen molar-refractivity contribution in [2.45, 2.75) is 26.2 Å². The lowest BCUT2D eigenvalue weighted by Gasteiger charge is -2.31. The molecule has 1 aromatic carbocycles. The van der Waals surface area contributed by atoms with Crippen molar-refractivity contribution >= 4 is 40.9 Å². The lowest BCUT2D eigenvalue weighted by Crippen LogP contribution is -2.40. The number of rotatable bonds is 3. The summed E-state index contributed by atoms with van der Waals surface area (Å²) >= 11 is 12.0. The van der Waals surface area contributed by atoms with Gasteiger partial charge in [0.05, 0.1) is 10.7 Å². The maximum Gasteiger partial charge on any atom is 0.228 e. The highest BCUT2D eigenvalue weighted by atomic mass is 35.5. The van der Waals surface area contributed by atoms with E-state index in [9.17, 15) is 9.18 Å². The van der Waals surface area contributed by atoms with Crippen molar-refractivity contribution in [1.29, 1.82) is 0 Å². The first kappa shape index (κ1) is 16.9. The standard InChI is InChI=1S/C15H18Cl2FN3O/c1-10(11-7-14(19)13(17)8-12(11)16)15(18)21-6-4-2-3-5-20(21)9-22/h7-9H,2-6,19H2,1H3/b15-10+. The molecule has 0 unspecified atom stereocenters. The Morgan fingerprint density at radius 2 is 1.91 bits per heavy atom. The van der Waals surface area contributed by atoms with Gasteiger partial charge in [-0.25, -0.2) is 0 Å². The van der Waals surface area contributed by atoms with E-state index in [4.69, 9.17) is 28.9 Å². The van der Waals surface area contributed by atoms with Crippen molar-refractivity contribution in [2.75, 3.05) is 18.8 Å². The van der Waals surface area contributed by atoms with Gasteiger partial charge in [-0.3, -0.25) is 14.8 Å². The molecular formula is C15H18Cl2FN3O. The molecule has 1 aromatic rings. The van der Waals surface area contributed by atoms with Crippen molar-refractivity contribution in [1.82, 2.24) is 10.0 Å². The van der Waals surface area contributed by atoms with Gasteiger partial charge >= 0.3 is 0 Å². The minimum absolute atomic E-state index is 0.319. The first-order valence-electron chi connectivity index (χ1n) is 7.06. The van der Waals surface area contributed by atoms with Crippen LogP contribution in [0.1, 0.15) is 31.7 Å². The molecule has 1 saturated heterocycles. The summed E-state index contributed by atoms with van der Waals surface area (Å²) in [6, 6.07) is 3.03. The molecule has 1 heterocycles. The highest BCUT2D eigenvalue weighted by Gasteiger charge is 2.22. The maximum atomic E-state index is 14.9. The molecule has 0 spiro atoms. The second-order valence-electron chi connectivity index (χ2n) is 5.22. The monoisotopic (exact) mass is 345 g/mol. The zero-order valence-corrected chi connectivity index (χ0v) is 13.8. The second-order valence-corrected chi connectivity index (χ2v) is 6.04. The summed E-state index contributed by atoms with van der Waals surface area (Å²) in [5.41, 5.74) is 6.89. The van der Waals surface area contributed by atoms with Crippen molar-refractivity contribution in [3.05, 3.63) is 33.7 Å². The van der Waals surface area contributed by atoms with Crippen molar-refractivity contribution in [2.24, 2.45) is 0 Å². The normalized spacial score (nSPS) is 17.1. The predicted molar refractivity (Wildman–Crippen MR) is 87.9 cm³/mol. The summed E-state index contributed by atoms with van der Waals surface area (Å²) in [5, 5.41) is 3.36. The number of carbonyl (C=O) groups excluding carboxylic acids is 1. The summed E-state index contributed by atoms with van der Waals surface area (Å²) in [5.74, 6) is -0.502. The van der Waals surface area contributed by atoms with Crippen LogP contribution in [0.15, 0.2) is 18.1 Å². The zero-order chi connectivity index (χ0) is 16.3. The summed E-state index contributed by atoms with van der Waals surface area (Å²) < 4.78 is 14.9. The number of carbonyl (C=O) groups is 1. The van der Waals surface area contributed by atoms with E-state index < -0.39 is 5.95 Å². The van der Waals surface area contributed by atoms with E-state index >= 15 is 0 Å². The highest BCUT2D eigenvalue weighted by molar-refractivity contribution is 6.37. The van der Waals surface area contributed by atoms with Crippen LogP contribution in [-0.4, -0.2) is 29.5 Å². The largest absolute Gasteiger partial charge is 0.398 e. The molecule has 2 rings (SSSR count). The van der Waals surface area contributed by atoms with Crippen LogP contribution in [0, 0.1) is 0 Å². The van der Waals surface area contributed by atoms with Crippen molar-refractivity contribution in [3.63, 3.8) is 0 Å².